The molecule has 3 nitrogen and oxygen atoms in total. The Morgan fingerprint density at radius 3 is 2.73 bits per heavy atom. The molecule has 0 radical (unpaired) electrons. The van der Waals surface area contributed by atoms with Gasteiger partial charge in [0, 0.05) is 11.8 Å². The maximum atomic E-state index is 9.59. The molecule has 3 heteroatoms. The SMILES string of the molecule is Cc1ccc2nc(-c3ccc4c(c3)CCCC4)c(C#N)n2c1. The summed E-state index contributed by atoms with van der Waals surface area (Å²) >= 11 is 0. The number of nitrogens with zero attached hydrogens (tertiary/aromatic N) is 3. The average Bonchev–Trinajstić information content (AvgIpc) is 2.92. The third-order valence-corrected chi connectivity index (χ3v) is 4.49. The van der Waals surface area contributed by atoms with Crippen LogP contribution in [0.2, 0.25) is 0 Å². The van der Waals surface area contributed by atoms with Crippen LogP contribution < -0.4 is 0 Å². The molecule has 1 aromatic carbocycles. The number of rotatable bonds is 1. The van der Waals surface area contributed by atoms with Crippen molar-refractivity contribution in [2.24, 2.45) is 0 Å². The summed E-state index contributed by atoms with van der Waals surface area (Å²) in [6.45, 7) is 2.03. The van der Waals surface area contributed by atoms with E-state index in [2.05, 4.69) is 29.3 Å². The second-order valence-corrected chi connectivity index (χ2v) is 6.05. The summed E-state index contributed by atoms with van der Waals surface area (Å²) in [5.41, 5.74) is 7.29. The van der Waals surface area contributed by atoms with E-state index < -0.39 is 0 Å². The molecule has 4 rings (SSSR count). The molecule has 1 aliphatic rings. The highest BCUT2D eigenvalue weighted by Gasteiger charge is 2.16. The smallest absolute Gasteiger partial charge is 0.152 e. The average molecular weight is 287 g/mol. The number of nitriles is 1. The number of imidazole rings is 1. The fraction of sp³-hybridized carbons (Fsp3) is 0.263. The van der Waals surface area contributed by atoms with Crippen molar-refractivity contribution in [2.75, 3.05) is 0 Å². The molecule has 0 amide bonds. The molecule has 0 N–H and O–H groups in total. The van der Waals surface area contributed by atoms with Gasteiger partial charge in [0.25, 0.3) is 0 Å². The fourth-order valence-electron chi connectivity index (χ4n) is 3.34. The standard InChI is InChI=1S/C19H17N3/c1-13-6-9-18-21-19(17(11-20)22(18)12-13)16-8-7-14-4-2-3-5-15(14)10-16/h6-10,12H,2-5H2,1H3. The Balaban J connectivity index is 1.92. The second-order valence-electron chi connectivity index (χ2n) is 6.05. The van der Waals surface area contributed by atoms with E-state index in [4.69, 9.17) is 0 Å². The lowest BCUT2D eigenvalue weighted by molar-refractivity contribution is 0.686. The minimum absolute atomic E-state index is 0.620. The van der Waals surface area contributed by atoms with Crippen LogP contribution in [0.15, 0.2) is 36.5 Å². The van der Waals surface area contributed by atoms with Gasteiger partial charge in [-0.15, -0.1) is 0 Å². The molecule has 0 fully saturated rings. The molecule has 2 aromatic heterocycles. The Kier molecular flexibility index (Phi) is 2.97. The number of fused-ring (bicyclic) bond motifs is 2. The Bertz CT molecular complexity index is 912. The van der Waals surface area contributed by atoms with Crippen molar-refractivity contribution in [1.82, 2.24) is 9.38 Å². The van der Waals surface area contributed by atoms with Gasteiger partial charge in [-0.2, -0.15) is 5.26 Å². The molecule has 0 aliphatic heterocycles. The van der Waals surface area contributed by atoms with Crippen molar-refractivity contribution in [2.45, 2.75) is 32.6 Å². The summed E-state index contributed by atoms with van der Waals surface area (Å²) < 4.78 is 1.89. The largest absolute Gasteiger partial charge is 0.290 e. The van der Waals surface area contributed by atoms with E-state index in [-0.39, 0.29) is 0 Å². The predicted molar refractivity (Wildman–Crippen MR) is 86.7 cm³/mol. The molecule has 108 valence electrons. The van der Waals surface area contributed by atoms with E-state index in [0.29, 0.717) is 5.69 Å². The summed E-state index contributed by atoms with van der Waals surface area (Å²) in [6.07, 6.45) is 6.82. The van der Waals surface area contributed by atoms with Gasteiger partial charge < -0.3 is 0 Å². The minimum Gasteiger partial charge on any atom is -0.290 e. The van der Waals surface area contributed by atoms with Crippen LogP contribution in [0.25, 0.3) is 16.9 Å². The lowest BCUT2D eigenvalue weighted by Gasteiger charge is -2.16. The van der Waals surface area contributed by atoms with Crippen LogP contribution in [-0.2, 0) is 12.8 Å². The first-order valence-electron chi connectivity index (χ1n) is 7.77. The van der Waals surface area contributed by atoms with Crippen LogP contribution in [0.5, 0.6) is 0 Å². The first-order chi connectivity index (χ1) is 10.8. The first-order valence-corrected chi connectivity index (χ1v) is 7.77. The Morgan fingerprint density at radius 1 is 1.09 bits per heavy atom. The summed E-state index contributed by atoms with van der Waals surface area (Å²) in [7, 11) is 0. The van der Waals surface area contributed by atoms with E-state index in [1.807, 2.05) is 29.7 Å². The Hall–Kier alpha value is -2.60. The maximum absolute atomic E-state index is 9.59. The number of hydrogen-bond acceptors (Lipinski definition) is 2. The monoisotopic (exact) mass is 287 g/mol. The zero-order chi connectivity index (χ0) is 15.1. The molecule has 0 bridgehead atoms. The van der Waals surface area contributed by atoms with Gasteiger partial charge in [-0.05, 0) is 61.4 Å². The molecular weight excluding hydrogens is 270 g/mol. The van der Waals surface area contributed by atoms with Gasteiger partial charge in [-0.25, -0.2) is 4.98 Å². The molecule has 3 aromatic rings. The number of pyridine rings is 1. The van der Waals surface area contributed by atoms with Gasteiger partial charge in [-0.3, -0.25) is 4.40 Å². The number of hydrogen-bond donors (Lipinski definition) is 0. The van der Waals surface area contributed by atoms with Crippen LogP contribution >= 0.6 is 0 Å². The van der Waals surface area contributed by atoms with Gasteiger partial charge in [0.15, 0.2) is 5.69 Å². The van der Waals surface area contributed by atoms with E-state index in [0.717, 1.165) is 28.9 Å². The lowest BCUT2D eigenvalue weighted by Crippen LogP contribution is -2.02. The van der Waals surface area contributed by atoms with E-state index in [9.17, 15) is 5.26 Å². The maximum Gasteiger partial charge on any atom is 0.152 e. The molecule has 1 aliphatic carbocycles. The number of benzene rings is 1. The molecule has 0 saturated heterocycles. The summed E-state index contributed by atoms with van der Waals surface area (Å²) in [6, 6.07) is 12.9. The normalized spacial score (nSPS) is 13.8. The molecule has 0 spiro atoms. The van der Waals surface area contributed by atoms with E-state index >= 15 is 0 Å². The quantitative estimate of drug-likeness (QED) is 0.677. The Labute approximate surface area is 129 Å². The minimum atomic E-state index is 0.620. The molecule has 0 saturated carbocycles. The highest BCUT2D eigenvalue weighted by atomic mass is 15.0. The van der Waals surface area contributed by atoms with Gasteiger partial charge >= 0.3 is 0 Å². The molecular formula is C19H17N3. The summed E-state index contributed by atoms with van der Waals surface area (Å²) in [4.78, 5) is 4.68. The van der Waals surface area contributed by atoms with E-state index in [1.165, 1.54) is 30.4 Å². The molecule has 2 heterocycles. The molecule has 0 unspecified atom stereocenters. The van der Waals surface area contributed by atoms with Gasteiger partial charge in [0.2, 0.25) is 0 Å². The zero-order valence-corrected chi connectivity index (χ0v) is 12.6. The second kappa shape index (κ2) is 4.99. The van der Waals surface area contributed by atoms with Crippen molar-refractivity contribution < 1.29 is 0 Å². The van der Waals surface area contributed by atoms with Gasteiger partial charge in [-0.1, -0.05) is 18.2 Å². The topological polar surface area (TPSA) is 41.1 Å². The first kappa shape index (κ1) is 13.1. The van der Waals surface area contributed by atoms with Crippen molar-refractivity contribution in [1.29, 1.82) is 5.26 Å². The molecule has 22 heavy (non-hydrogen) atoms. The van der Waals surface area contributed by atoms with Crippen LogP contribution in [-0.4, -0.2) is 9.38 Å². The van der Waals surface area contributed by atoms with Crippen LogP contribution in [0.1, 0.15) is 35.2 Å². The highest BCUT2D eigenvalue weighted by Crippen LogP contribution is 2.29. The van der Waals surface area contributed by atoms with Crippen molar-refractivity contribution in [3.63, 3.8) is 0 Å². The van der Waals surface area contributed by atoms with Crippen molar-refractivity contribution in [3.05, 3.63) is 58.9 Å². The predicted octanol–water partition coefficient (Wildman–Crippen LogP) is 4.06. The number of aromatic nitrogens is 2. The van der Waals surface area contributed by atoms with Gasteiger partial charge in [0.05, 0.1) is 0 Å². The highest BCUT2D eigenvalue weighted by molar-refractivity contribution is 5.70. The zero-order valence-electron chi connectivity index (χ0n) is 12.6. The van der Waals surface area contributed by atoms with Crippen LogP contribution in [0, 0.1) is 18.3 Å². The molecule has 0 atom stereocenters. The Morgan fingerprint density at radius 2 is 1.91 bits per heavy atom. The lowest BCUT2D eigenvalue weighted by atomic mass is 9.90. The number of aryl methyl sites for hydroxylation is 3. The third-order valence-electron chi connectivity index (χ3n) is 4.49. The van der Waals surface area contributed by atoms with Crippen LogP contribution in [0.4, 0.5) is 0 Å². The van der Waals surface area contributed by atoms with Crippen molar-refractivity contribution >= 4 is 5.65 Å². The summed E-state index contributed by atoms with van der Waals surface area (Å²) in [5, 5.41) is 9.59. The van der Waals surface area contributed by atoms with Crippen LogP contribution in [0.3, 0.4) is 0 Å². The third kappa shape index (κ3) is 2.00. The summed E-state index contributed by atoms with van der Waals surface area (Å²) in [5.74, 6) is 0. The van der Waals surface area contributed by atoms with E-state index in [1.54, 1.807) is 0 Å². The van der Waals surface area contributed by atoms with Crippen molar-refractivity contribution in [3.8, 4) is 17.3 Å². The fourth-order valence-corrected chi connectivity index (χ4v) is 3.34. The van der Waals surface area contributed by atoms with Gasteiger partial charge in [0.1, 0.15) is 17.4 Å².